The van der Waals surface area contributed by atoms with Crippen molar-refractivity contribution in [3.63, 3.8) is 0 Å². The maximum atomic E-state index is 13.2. The Kier molecular flexibility index (Phi) is 9.10. The van der Waals surface area contributed by atoms with Crippen LogP contribution in [-0.4, -0.2) is 79.6 Å². The second kappa shape index (κ2) is 11.3. The SMILES string of the molecule is C=C(N[C@@H](CSCCNC)C(=O)N1CCN(CC)CC1)c1ccc(F)cc1. The number of benzene rings is 1. The average Bonchev–Trinajstić information content (AvgIpc) is 2.70. The molecule has 0 bridgehead atoms. The molecule has 150 valence electrons. The minimum absolute atomic E-state index is 0.117. The number of halogens is 1. The Morgan fingerprint density at radius 3 is 2.52 bits per heavy atom. The number of hydrogen-bond acceptors (Lipinski definition) is 5. The standard InChI is InChI=1S/C20H31FN4OS/c1-4-24-10-12-25(13-11-24)20(26)19(15-27-14-9-22-3)23-16(2)17-5-7-18(21)8-6-17/h5-8,19,22-23H,2,4,9-15H2,1,3H3/t19-/m0/s1. The highest BCUT2D eigenvalue weighted by molar-refractivity contribution is 7.99. The molecule has 0 aromatic heterocycles. The van der Waals surface area contributed by atoms with Crippen LogP contribution in [0.5, 0.6) is 0 Å². The number of likely N-dealkylation sites (N-methyl/N-ethyl adjacent to an activating group) is 1. The molecule has 27 heavy (non-hydrogen) atoms. The van der Waals surface area contributed by atoms with Crippen LogP contribution in [0, 0.1) is 5.82 Å². The van der Waals surface area contributed by atoms with E-state index in [4.69, 9.17) is 0 Å². The molecule has 1 fully saturated rings. The molecule has 2 rings (SSSR count). The van der Waals surface area contributed by atoms with Crippen LogP contribution in [0.15, 0.2) is 30.8 Å². The molecule has 1 aromatic rings. The summed E-state index contributed by atoms with van der Waals surface area (Å²) in [5.74, 6) is 1.45. The molecule has 5 nitrogen and oxygen atoms in total. The van der Waals surface area contributed by atoms with Gasteiger partial charge in [0, 0.05) is 49.9 Å². The monoisotopic (exact) mass is 394 g/mol. The average molecular weight is 395 g/mol. The molecule has 0 aliphatic carbocycles. The summed E-state index contributed by atoms with van der Waals surface area (Å²) >= 11 is 1.74. The third kappa shape index (κ3) is 6.83. The lowest BCUT2D eigenvalue weighted by Crippen LogP contribution is -2.54. The minimum atomic E-state index is -0.336. The number of thioether (sulfide) groups is 1. The van der Waals surface area contributed by atoms with E-state index in [-0.39, 0.29) is 17.8 Å². The van der Waals surface area contributed by atoms with E-state index in [0.29, 0.717) is 11.4 Å². The summed E-state index contributed by atoms with van der Waals surface area (Å²) < 4.78 is 13.2. The van der Waals surface area contributed by atoms with Crippen LogP contribution in [0.4, 0.5) is 4.39 Å². The number of hydrogen-bond donors (Lipinski definition) is 2. The van der Waals surface area contributed by atoms with Crippen molar-refractivity contribution in [3.8, 4) is 0 Å². The van der Waals surface area contributed by atoms with Gasteiger partial charge in [-0.15, -0.1) is 0 Å². The summed E-state index contributed by atoms with van der Waals surface area (Å²) in [6, 6.07) is 5.84. The van der Waals surface area contributed by atoms with Crippen molar-refractivity contribution in [1.29, 1.82) is 0 Å². The predicted octanol–water partition coefficient (Wildman–Crippen LogP) is 1.87. The zero-order chi connectivity index (χ0) is 19.6. The smallest absolute Gasteiger partial charge is 0.246 e. The minimum Gasteiger partial charge on any atom is -0.373 e. The zero-order valence-corrected chi connectivity index (χ0v) is 17.2. The third-order valence-corrected chi connectivity index (χ3v) is 5.81. The summed E-state index contributed by atoms with van der Waals surface area (Å²) in [4.78, 5) is 17.4. The molecule has 0 spiro atoms. The van der Waals surface area contributed by atoms with Crippen LogP contribution in [-0.2, 0) is 4.79 Å². The van der Waals surface area contributed by atoms with Crippen LogP contribution in [0.25, 0.3) is 5.70 Å². The summed E-state index contributed by atoms with van der Waals surface area (Å²) in [5.41, 5.74) is 1.44. The molecule has 1 heterocycles. The molecule has 1 aliphatic rings. The van der Waals surface area contributed by atoms with Gasteiger partial charge in [0.1, 0.15) is 11.9 Å². The molecule has 0 radical (unpaired) electrons. The van der Waals surface area contributed by atoms with Gasteiger partial charge in [-0.2, -0.15) is 11.8 Å². The first-order chi connectivity index (χ1) is 13.0. The summed E-state index contributed by atoms with van der Waals surface area (Å²) in [7, 11) is 1.92. The molecule has 1 amide bonds. The van der Waals surface area contributed by atoms with Crippen molar-refractivity contribution in [1.82, 2.24) is 20.4 Å². The summed E-state index contributed by atoms with van der Waals surface area (Å²) in [6.07, 6.45) is 0. The lowest BCUT2D eigenvalue weighted by atomic mass is 10.1. The normalized spacial score (nSPS) is 16.2. The van der Waals surface area contributed by atoms with Gasteiger partial charge < -0.3 is 20.4 Å². The van der Waals surface area contributed by atoms with Crippen molar-refractivity contribution in [3.05, 3.63) is 42.2 Å². The third-order valence-electron chi connectivity index (χ3n) is 4.75. The lowest BCUT2D eigenvalue weighted by molar-refractivity contribution is -0.134. The quantitative estimate of drug-likeness (QED) is 0.594. The fourth-order valence-corrected chi connectivity index (χ4v) is 3.98. The van der Waals surface area contributed by atoms with Gasteiger partial charge >= 0.3 is 0 Å². The van der Waals surface area contributed by atoms with E-state index in [1.807, 2.05) is 11.9 Å². The van der Waals surface area contributed by atoms with E-state index in [9.17, 15) is 9.18 Å². The second-order valence-corrected chi connectivity index (χ2v) is 7.77. The first-order valence-corrected chi connectivity index (χ1v) is 10.7. The van der Waals surface area contributed by atoms with E-state index in [1.54, 1.807) is 23.9 Å². The van der Waals surface area contributed by atoms with Crippen LogP contribution in [0.2, 0.25) is 0 Å². The van der Waals surface area contributed by atoms with Crippen molar-refractivity contribution in [2.45, 2.75) is 13.0 Å². The molecular weight excluding hydrogens is 363 g/mol. The van der Waals surface area contributed by atoms with E-state index >= 15 is 0 Å². The molecular formula is C20H31FN4OS. The maximum Gasteiger partial charge on any atom is 0.246 e. The largest absolute Gasteiger partial charge is 0.373 e. The molecule has 7 heteroatoms. The highest BCUT2D eigenvalue weighted by Crippen LogP contribution is 2.15. The van der Waals surface area contributed by atoms with Crippen molar-refractivity contribution < 1.29 is 9.18 Å². The molecule has 1 aromatic carbocycles. The van der Waals surface area contributed by atoms with Crippen molar-refractivity contribution in [2.24, 2.45) is 0 Å². The number of carbonyl (C=O) groups is 1. The van der Waals surface area contributed by atoms with Crippen LogP contribution in [0.3, 0.4) is 0 Å². The van der Waals surface area contributed by atoms with Gasteiger partial charge in [-0.1, -0.05) is 25.6 Å². The van der Waals surface area contributed by atoms with E-state index < -0.39 is 0 Å². The molecule has 1 atom stereocenters. The number of nitrogens with zero attached hydrogens (tertiary/aromatic N) is 2. The highest BCUT2D eigenvalue weighted by atomic mass is 32.2. The number of piperazine rings is 1. The Morgan fingerprint density at radius 1 is 1.26 bits per heavy atom. The number of carbonyl (C=O) groups excluding carboxylic acids is 1. The van der Waals surface area contributed by atoms with Crippen molar-refractivity contribution in [2.75, 3.05) is 57.8 Å². The van der Waals surface area contributed by atoms with E-state index in [2.05, 4.69) is 29.0 Å². The molecule has 0 saturated carbocycles. The molecule has 0 unspecified atom stereocenters. The Labute approximate surface area is 166 Å². The highest BCUT2D eigenvalue weighted by Gasteiger charge is 2.27. The Balaban J connectivity index is 2.00. The summed E-state index contributed by atoms with van der Waals surface area (Å²) in [6.45, 7) is 11.5. The molecule has 1 aliphatic heterocycles. The first kappa shape index (κ1) is 21.7. The van der Waals surface area contributed by atoms with Crippen LogP contribution < -0.4 is 10.6 Å². The van der Waals surface area contributed by atoms with Crippen LogP contribution >= 0.6 is 11.8 Å². The van der Waals surface area contributed by atoms with Gasteiger partial charge in [0.2, 0.25) is 5.91 Å². The Morgan fingerprint density at radius 2 is 1.93 bits per heavy atom. The first-order valence-electron chi connectivity index (χ1n) is 9.50. The number of amides is 1. The second-order valence-electron chi connectivity index (χ2n) is 6.62. The molecule has 1 saturated heterocycles. The van der Waals surface area contributed by atoms with E-state index in [1.165, 1.54) is 12.1 Å². The van der Waals surface area contributed by atoms with Gasteiger partial charge in [-0.05, 0) is 31.3 Å². The van der Waals surface area contributed by atoms with Crippen molar-refractivity contribution >= 4 is 23.4 Å². The maximum absolute atomic E-state index is 13.2. The number of nitrogens with one attached hydrogen (secondary N) is 2. The Hall–Kier alpha value is -1.57. The van der Waals surface area contributed by atoms with Gasteiger partial charge in [0.05, 0.1) is 0 Å². The molecule has 2 N–H and O–H groups in total. The van der Waals surface area contributed by atoms with Gasteiger partial charge in [0.15, 0.2) is 0 Å². The van der Waals surface area contributed by atoms with Gasteiger partial charge in [0.25, 0.3) is 0 Å². The Bertz CT molecular complexity index is 603. The lowest BCUT2D eigenvalue weighted by Gasteiger charge is -2.36. The fourth-order valence-electron chi connectivity index (χ4n) is 3.00. The predicted molar refractivity (Wildman–Crippen MR) is 112 cm³/mol. The van der Waals surface area contributed by atoms with Gasteiger partial charge in [-0.3, -0.25) is 4.79 Å². The zero-order valence-electron chi connectivity index (χ0n) is 16.3. The summed E-state index contributed by atoms with van der Waals surface area (Å²) in [5, 5.41) is 6.41. The fraction of sp³-hybridized carbons (Fsp3) is 0.550. The van der Waals surface area contributed by atoms with E-state index in [0.717, 1.165) is 50.6 Å². The number of rotatable bonds is 10. The topological polar surface area (TPSA) is 47.6 Å². The van der Waals surface area contributed by atoms with Crippen LogP contribution in [0.1, 0.15) is 12.5 Å². The van der Waals surface area contributed by atoms with Gasteiger partial charge in [-0.25, -0.2) is 4.39 Å².